The molecule has 7 heteroatoms. The Bertz CT molecular complexity index is 721. The molecule has 2 aromatic carbocycles. The minimum absolute atomic E-state index is 0. The highest BCUT2D eigenvalue weighted by atomic mass is 127. The van der Waals surface area contributed by atoms with Gasteiger partial charge < -0.3 is 24.8 Å². The number of benzene rings is 2. The summed E-state index contributed by atoms with van der Waals surface area (Å²) in [6, 6.07) is 13.8. The van der Waals surface area contributed by atoms with Crippen molar-refractivity contribution in [3.63, 3.8) is 0 Å². The van der Waals surface area contributed by atoms with Crippen molar-refractivity contribution in [2.24, 2.45) is 4.99 Å². The van der Waals surface area contributed by atoms with Gasteiger partial charge in [-0.05, 0) is 36.2 Å². The Labute approximate surface area is 178 Å². The summed E-state index contributed by atoms with van der Waals surface area (Å²) in [5.74, 6) is 3.17. The Kier molecular flexibility index (Phi) is 10.4. The first kappa shape index (κ1) is 22.9. The van der Waals surface area contributed by atoms with Gasteiger partial charge in [-0.15, -0.1) is 24.0 Å². The van der Waals surface area contributed by atoms with Crippen molar-refractivity contribution in [2.75, 3.05) is 34.9 Å². The molecule has 2 aromatic rings. The van der Waals surface area contributed by atoms with Crippen molar-refractivity contribution in [3.05, 3.63) is 53.6 Å². The summed E-state index contributed by atoms with van der Waals surface area (Å²) in [5.41, 5.74) is 2.27. The zero-order valence-corrected chi connectivity index (χ0v) is 18.6. The van der Waals surface area contributed by atoms with E-state index >= 15 is 0 Å². The average Bonchev–Trinajstić information content (AvgIpc) is 2.70. The highest BCUT2D eigenvalue weighted by Gasteiger charge is 2.06. The molecule has 0 unspecified atom stereocenters. The number of ether oxygens (including phenoxy) is 3. The van der Waals surface area contributed by atoms with Crippen molar-refractivity contribution in [1.82, 2.24) is 10.6 Å². The van der Waals surface area contributed by atoms with E-state index in [-0.39, 0.29) is 24.0 Å². The lowest BCUT2D eigenvalue weighted by molar-refractivity contribution is 0.390. The summed E-state index contributed by atoms with van der Waals surface area (Å²) in [5, 5.41) is 6.62. The van der Waals surface area contributed by atoms with Crippen LogP contribution in [0.4, 0.5) is 0 Å². The molecule has 0 aliphatic carbocycles. The first-order valence-electron chi connectivity index (χ1n) is 8.48. The summed E-state index contributed by atoms with van der Waals surface area (Å²) in [6.07, 6.45) is 0.899. The van der Waals surface area contributed by atoms with Crippen molar-refractivity contribution in [3.8, 4) is 17.2 Å². The monoisotopic (exact) mass is 485 g/mol. The maximum absolute atomic E-state index is 5.42. The van der Waals surface area contributed by atoms with Gasteiger partial charge in [-0.2, -0.15) is 0 Å². The summed E-state index contributed by atoms with van der Waals surface area (Å²) >= 11 is 0. The van der Waals surface area contributed by atoms with Gasteiger partial charge in [0.1, 0.15) is 17.2 Å². The zero-order valence-electron chi connectivity index (χ0n) is 16.2. The first-order chi connectivity index (χ1) is 12.7. The number of rotatable bonds is 8. The van der Waals surface area contributed by atoms with Crippen molar-refractivity contribution < 1.29 is 14.2 Å². The van der Waals surface area contributed by atoms with E-state index < -0.39 is 0 Å². The number of nitrogens with one attached hydrogen (secondary N) is 2. The smallest absolute Gasteiger partial charge is 0.191 e. The quantitative estimate of drug-likeness (QED) is 0.342. The predicted molar refractivity (Wildman–Crippen MR) is 120 cm³/mol. The van der Waals surface area contributed by atoms with E-state index in [1.54, 1.807) is 28.4 Å². The molecule has 0 radical (unpaired) electrons. The number of halogens is 1. The number of hydrogen-bond donors (Lipinski definition) is 2. The highest BCUT2D eigenvalue weighted by molar-refractivity contribution is 14.0. The minimum atomic E-state index is 0. The van der Waals surface area contributed by atoms with E-state index in [4.69, 9.17) is 14.2 Å². The SMILES string of the molecule is CN=C(NCCc1ccc(OC)cc1)NCc1ccc(OC)cc1OC.I. The molecule has 0 amide bonds. The Morgan fingerprint density at radius 2 is 1.56 bits per heavy atom. The van der Waals surface area contributed by atoms with Gasteiger partial charge >= 0.3 is 0 Å². The van der Waals surface area contributed by atoms with Crippen LogP contribution in [-0.4, -0.2) is 40.9 Å². The molecule has 0 saturated carbocycles. The molecule has 0 fully saturated rings. The fraction of sp³-hybridized carbons (Fsp3) is 0.350. The Hall–Kier alpha value is -2.16. The molecule has 27 heavy (non-hydrogen) atoms. The van der Waals surface area contributed by atoms with Crippen LogP contribution >= 0.6 is 24.0 Å². The molecule has 0 bridgehead atoms. The highest BCUT2D eigenvalue weighted by Crippen LogP contribution is 2.24. The van der Waals surface area contributed by atoms with Crippen LogP contribution in [0.5, 0.6) is 17.2 Å². The molecule has 2 N–H and O–H groups in total. The molecule has 6 nitrogen and oxygen atoms in total. The van der Waals surface area contributed by atoms with E-state index in [1.807, 2.05) is 30.3 Å². The van der Waals surface area contributed by atoms with Gasteiger partial charge in [0.25, 0.3) is 0 Å². The van der Waals surface area contributed by atoms with E-state index in [1.165, 1.54) is 5.56 Å². The number of nitrogens with zero attached hydrogens (tertiary/aromatic N) is 1. The number of hydrogen-bond acceptors (Lipinski definition) is 4. The molecule has 0 spiro atoms. The standard InChI is InChI=1S/C20H27N3O3.HI/c1-21-20(22-12-11-15-5-8-17(24-2)9-6-15)23-14-16-7-10-18(25-3)13-19(16)26-4;/h5-10,13H,11-12,14H2,1-4H3,(H2,21,22,23);1H. The number of methoxy groups -OCH3 is 3. The molecule has 0 heterocycles. The van der Waals surface area contributed by atoms with Crippen molar-refractivity contribution in [2.45, 2.75) is 13.0 Å². The second-order valence-corrected chi connectivity index (χ2v) is 5.63. The van der Waals surface area contributed by atoms with Crippen LogP contribution in [0, 0.1) is 0 Å². The van der Waals surface area contributed by atoms with Crippen LogP contribution in [0.3, 0.4) is 0 Å². The molecule has 0 saturated heterocycles. The van der Waals surface area contributed by atoms with Crippen molar-refractivity contribution in [1.29, 1.82) is 0 Å². The lowest BCUT2D eigenvalue weighted by atomic mass is 10.1. The third-order valence-corrected chi connectivity index (χ3v) is 4.03. The third-order valence-electron chi connectivity index (χ3n) is 4.03. The van der Waals surface area contributed by atoms with E-state index in [0.717, 1.165) is 41.7 Å². The molecular formula is C20H28IN3O3. The molecular weight excluding hydrogens is 457 g/mol. The molecule has 0 aromatic heterocycles. The normalized spacial score (nSPS) is 10.6. The molecule has 0 aliphatic heterocycles. The van der Waals surface area contributed by atoms with Crippen LogP contribution in [0.15, 0.2) is 47.5 Å². The van der Waals surface area contributed by atoms with Gasteiger partial charge in [0.05, 0.1) is 21.3 Å². The first-order valence-corrected chi connectivity index (χ1v) is 8.48. The molecule has 2 rings (SSSR count). The van der Waals surface area contributed by atoms with Gasteiger partial charge in [-0.1, -0.05) is 12.1 Å². The lowest BCUT2D eigenvalue weighted by Gasteiger charge is -2.14. The van der Waals surface area contributed by atoms with E-state index in [2.05, 4.69) is 27.8 Å². The van der Waals surface area contributed by atoms with E-state index in [0.29, 0.717) is 6.54 Å². The van der Waals surface area contributed by atoms with Gasteiger partial charge in [-0.25, -0.2) is 0 Å². The topological polar surface area (TPSA) is 64.1 Å². The summed E-state index contributed by atoms with van der Waals surface area (Å²) in [4.78, 5) is 4.26. The minimum Gasteiger partial charge on any atom is -0.497 e. The largest absolute Gasteiger partial charge is 0.497 e. The second-order valence-electron chi connectivity index (χ2n) is 5.63. The fourth-order valence-electron chi connectivity index (χ4n) is 2.51. The predicted octanol–water partition coefficient (Wildman–Crippen LogP) is 3.24. The van der Waals surface area contributed by atoms with Crippen LogP contribution in [0.1, 0.15) is 11.1 Å². The maximum Gasteiger partial charge on any atom is 0.191 e. The van der Waals surface area contributed by atoms with Crippen LogP contribution < -0.4 is 24.8 Å². The summed E-state index contributed by atoms with van der Waals surface area (Å²) in [7, 11) is 6.72. The fourth-order valence-corrected chi connectivity index (χ4v) is 2.51. The van der Waals surface area contributed by atoms with Gasteiger partial charge in [0.15, 0.2) is 5.96 Å². The third kappa shape index (κ3) is 7.16. The van der Waals surface area contributed by atoms with Crippen LogP contribution in [0.25, 0.3) is 0 Å². The zero-order chi connectivity index (χ0) is 18.8. The summed E-state index contributed by atoms with van der Waals surface area (Å²) < 4.78 is 15.8. The summed E-state index contributed by atoms with van der Waals surface area (Å²) in [6.45, 7) is 1.39. The van der Waals surface area contributed by atoms with Gasteiger partial charge in [0, 0.05) is 31.8 Å². The van der Waals surface area contributed by atoms with Crippen LogP contribution in [-0.2, 0) is 13.0 Å². The molecule has 0 atom stereocenters. The Morgan fingerprint density at radius 3 is 2.15 bits per heavy atom. The Balaban J connectivity index is 0.00000364. The van der Waals surface area contributed by atoms with Crippen LogP contribution in [0.2, 0.25) is 0 Å². The number of guanidine groups is 1. The number of aliphatic imine (C=N–C) groups is 1. The Morgan fingerprint density at radius 1 is 0.889 bits per heavy atom. The van der Waals surface area contributed by atoms with Gasteiger partial charge in [-0.3, -0.25) is 4.99 Å². The molecule has 0 aliphatic rings. The molecule has 148 valence electrons. The average molecular weight is 485 g/mol. The van der Waals surface area contributed by atoms with E-state index in [9.17, 15) is 0 Å². The lowest BCUT2D eigenvalue weighted by Crippen LogP contribution is -2.37. The maximum atomic E-state index is 5.42. The van der Waals surface area contributed by atoms with Gasteiger partial charge in [0.2, 0.25) is 0 Å². The second kappa shape index (κ2) is 12.3. The van der Waals surface area contributed by atoms with Crippen molar-refractivity contribution >= 4 is 29.9 Å².